The number of nitrogens with one attached hydrogen (secondary N) is 2. The molecule has 5 nitrogen and oxygen atoms in total. The van der Waals surface area contributed by atoms with Gasteiger partial charge in [0, 0.05) is 0 Å². The van der Waals surface area contributed by atoms with Crippen molar-refractivity contribution in [2.24, 2.45) is 0 Å². The van der Waals surface area contributed by atoms with Crippen LogP contribution in [0.1, 0.15) is 42.9 Å². The van der Waals surface area contributed by atoms with Crippen LogP contribution in [0.3, 0.4) is 0 Å². The fourth-order valence-corrected chi connectivity index (χ4v) is 2.45. The summed E-state index contributed by atoms with van der Waals surface area (Å²) in [4.78, 5) is 24.0. The average molecular weight is 300 g/mol. The first kappa shape index (κ1) is 18.6. The Morgan fingerprint density at radius 1 is 1.45 bits per heavy atom. The van der Waals surface area contributed by atoms with Gasteiger partial charge in [0.05, 0.1) is 18.8 Å². The van der Waals surface area contributed by atoms with E-state index in [9.17, 15) is 9.59 Å². The molecule has 1 amide bonds. The number of rotatable bonds is 6. The quantitative estimate of drug-likeness (QED) is 0.793. The molecule has 0 radical (unpaired) electrons. The van der Waals surface area contributed by atoms with Crippen LogP contribution in [0.15, 0.2) is 5.38 Å². The summed E-state index contributed by atoms with van der Waals surface area (Å²) in [7, 11) is 1.33. The highest BCUT2D eigenvalue weighted by atomic mass is 32.1. The lowest BCUT2D eigenvalue weighted by Crippen LogP contribution is -2.38. The van der Waals surface area contributed by atoms with Gasteiger partial charge in [0.1, 0.15) is 4.88 Å². The fourth-order valence-electron chi connectivity index (χ4n) is 1.53. The Hall–Kier alpha value is -1.40. The lowest BCUT2D eigenvalue weighted by Gasteiger charge is -2.14. The van der Waals surface area contributed by atoms with Crippen molar-refractivity contribution in [2.75, 3.05) is 19.0 Å². The molecule has 0 spiro atoms. The van der Waals surface area contributed by atoms with Gasteiger partial charge in [-0.25, -0.2) is 4.79 Å². The van der Waals surface area contributed by atoms with Gasteiger partial charge in [-0.1, -0.05) is 14.4 Å². The maximum Gasteiger partial charge on any atom is 0.350 e. The normalized spacial score (nSPS) is 11.4. The van der Waals surface area contributed by atoms with Gasteiger partial charge in [-0.3, -0.25) is 4.79 Å². The zero-order chi connectivity index (χ0) is 14.4. The number of carbonyl (C=O) groups excluding carboxylic acids is 2. The van der Waals surface area contributed by atoms with Crippen molar-refractivity contribution in [1.82, 2.24) is 5.32 Å². The monoisotopic (exact) mass is 300 g/mol. The Morgan fingerprint density at radius 2 is 2.10 bits per heavy atom. The molecule has 0 saturated heterocycles. The third kappa shape index (κ3) is 4.61. The minimum Gasteiger partial charge on any atom is -0.465 e. The van der Waals surface area contributed by atoms with Crippen molar-refractivity contribution >= 4 is 28.9 Å². The predicted octanol–water partition coefficient (Wildman–Crippen LogP) is 2.81. The van der Waals surface area contributed by atoms with E-state index >= 15 is 0 Å². The number of anilines is 1. The fraction of sp³-hybridized carbons (Fsp3) is 0.571. The number of thiophene rings is 1. The highest BCUT2D eigenvalue weighted by molar-refractivity contribution is 7.12. The molecule has 1 aromatic heterocycles. The van der Waals surface area contributed by atoms with E-state index in [2.05, 4.69) is 10.6 Å². The van der Waals surface area contributed by atoms with Crippen LogP contribution >= 0.6 is 11.3 Å². The second kappa shape index (κ2) is 8.71. The molecule has 0 aliphatic carbocycles. The molecule has 1 heterocycles. The largest absolute Gasteiger partial charge is 0.465 e. The van der Waals surface area contributed by atoms with Gasteiger partial charge >= 0.3 is 5.97 Å². The smallest absolute Gasteiger partial charge is 0.350 e. The summed E-state index contributed by atoms with van der Waals surface area (Å²) in [5.74, 6) is -0.581. The minimum absolute atomic E-state index is 0. The molecule has 1 unspecified atom stereocenters. The number of methoxy groups -OCH3 is 1. The van der Waals surface area contributed by atoms with Crippen LogP contribution < -0.4 is 10.6 Å². The number of amides is 1. The molecule has 0 aromatic carbocycles. The van der Waals surface area contributed by atoms with Gasteiger partial charge in [-0.15, -0.1) is 11.3 Å². The van der Waals surface area contributed by atoms with Gasteiger partial charge in [0.15, 0.2) is 0 Å². The Kier molecular flexibility index (Phi) is 8.10. The molecule has 2 N–H and O–H groups in total. The van der Waals surface area contributed by atoms with Crippen molar-refractivity contribution in [3.63, 3.8) is 0 Å². The highest BCUT2D eigenvalue weighted by Crippen LogP contribution is 2.28. The minimum atomic E-state index is -0.428. The summed E-state index contributed by atoms with van der Waals surface area (Å²) >= 11 is 1.27. The maximum atomic E-state index is 12.0. The first-order valence-corrected chi connectivity index (χ1v) is 7.09. The zero-order valence-corrected chi connectivity index (χ0v) is 12.5. The van der Waals surface area contributed by atoms with E-state index in [-0.39, 0.29) is 19.4 Å². The highest BCUT2D eigenvalue weighted by Gasteiger charge is 2.20. The number of aryl methyl sites for hydroxylation is 1. The van der Waals surface area contributed by atoms with Gasteiger partial charge in [0.2, 0.25) is 5.91 Å². The van der Waals surface area contributed by atoms with E-state index in [0.29, 0.717) is 10.6 Å². The van der Waals surface area contributed by atoms with E-state index in [0.717, 1.165) is 18.5 Å². The van der Waals surface area contributed by atoms with Crippen LogP contribution in [-0.2, 0) is 9.53 Å². The third-order valence-corrected chi connectivity index (χ3v) is 3.77. The van der Waals surface area contributed by atoms with Crippen molar-refractivity contribution < 1.29 is 14.3 Å². The molecule has 20 heavy (non-hydrogen) atoms. The second-order valence-corrected chi connectivity index (χ2v) is 5.16. The first-order chi connectivity index (χ1) is 9.01. The van der Waals surface area contributed by atoms with Gasteiger partial charge < -0.3 is 15.4 Å². The molecule has 6 heteroatoms. The Labute approximate surface area is 124 Å². The topological polar surface area (TPSA) is 67.4 Å². The molecule has 1 aromatic rings. The number of carbonyl (C=O) groups is 2. The van der Waals surface area contributed by atoms with Crippen LogP contribution in [0.4, 0.5) is 5.69 Å². The first-order valence-electron chi connectivity index (χ1n) is 6.21. The number of hydrogen-bond donors (Lipinski definition) is 2. The standard InChI is InChI=1S/C13H20N2O3S.CH4/c1-5-6-14-9(3)12(16)15-10-8(2)7-19-11(10)13(17)18-4;/h7,9,14H,5-6H2,1-4H3,(H,15,16);1H4. The molecule has 0 bridgehead atoms. The molecular weight excluding hydrogens is 276 g/mol. The summed E-state index contributed by atoms with van der Waals surface area (Å²) in [6, 6.07) is -0.301. The lowest BCUT2D eigenvalue weighted by molar-refractivity contribution is -0.117. The van der Waals surface area contributed by atoms with Crippen LogP contribution in [0, 0.1) is 6.92 Å². The van der Waals surface area contributed by atoms with Crippen molar-refractivity contribution in [3.05, 3.63) is 15.8 Å². The summed E-state index contributed by atoms with van der Waals surface area (Å²) < 4.78 is 4.70. The average Bonchev–Trinajstić information content (AvgIpc) is 2.76. The van der Waals surface area contributed by atoms with E-state index in [4.69, 9.17) is 4.74 Å². The SMILES string of the molecule is C.CCCNC(C)C(=O)Nc1c(C)csc1C(=O)OC. The number of ether oxygens (including phenoxy) is 1. The van der Waals surface area contributed by atoms with E-state index in [1.54, 1.807) is 6.92 Å². The van der Waals surface area contributed by atoms with Crippen LogP contribution in [0.25, 0.3) is 0 Å². The predicted molar refractivity (Wildman–Crippen MR) is 83.5 cm³/mol. The van der Waals surface area contributed by atoms with Crippen molar-refractivity contribution in [1.29, 1.82) is 0 Å². The summed E-state index contributed by atoms with van der Waals surface area (Å²) in [5, 5.41) is 7.72. The van der Waals surface area contributed by atoms with Crippen molar-refractivity contribution in [3.8, 4) is 0 Å². The molecular formula is C14H24N2O3S. The summed E-state index contributed by atoms with van der Waals surface area (Å²) in [6.45, 7) is 6.46. The molecule has 114 valence electrons. The lowest BCUT2D eigenvalue weighted by atomic mass is 10.2. The third-order valence-electron chi connectivity index (χ3n) is 2.69. The summed E-state index contributed by atoms with van der Waals surface area (Å²) in [6.07, 6.45) is 0.961. The molecule has 1 rings (SSSR count). The second-order valence-electron chi connectivity index (χ2n) is 4.28. The Bertz CT molecular complexity index is 457. The molecule has 1 atom stereocenters. The summed E-state index contributed by atoms with van der Waals surface area (Å²) in [5.41, 5.74) is 1.41. The Balaban J connectivity index is 0.00000361. The van der Waals surface area contributed by atoms with E-state index in [1.807, 2.05) is 19.2 Å². The van der Waals surface area contributed by atoms with Crippen LogP contribution in [-0.4, -0.2) is 31.6 Å². The van der Waals surface area contributed by atoms with Crippen LogP contribution in [0.5, 0.6) is 0 Å². The molecule has 0 fully saturated rings. The number of esters is 1. The van der Waals surface area contributed by atoms with Crippen molar-refractivity contribution in [2.45, 2.75) is 40.7 Å². The van der Waals surface area contributed by atoms with Crippen LogP contribution in [0.2, 0.25) is 0 Å². The van der Waals surface area contributed by atoms with Gasteiger partial charge in [-0.05, 0) is 37.8 Å². The molecule has 0 aliphatic rings. The zero-order valence-electron chi connectivity index (χ0n) is 11.7. The number of hydrogen-bond acceptors (Lipinski definition) is 5. The maximum absolute atomic E-state index is 12.0. The molecule has 0 saturated carbocycles. The van der Waals surface area contributed by atoms with E-state index in [1.165, 1.54) is 18.4 Å². The van der Waals surface area contributed by atoms with E-state index < -0.39 is 5.97 Å². The van der Waals surface area contributed by atoms with Gasteiger partial charge in [-0.2, -0.15) is 0 Å². The Morgan fingerprint density at radius 3 is 2.65 bits per heavy atom. The van der Waals surface area contributed by atoms with Gasteiger partial charge in [0.25, 0.3) is 0 Å². The molecule has 0 aliphatic heterocycles.